The van der Waals surface area contributed by atoms with Gasteiger partial charge < -0.3 is 5.32 Å². The van der Waals surface area contributed by atoms with Crippen molar-refractivity contribution in [1.82, 2.24) is 9.97 Å². The number of hydrogen-bond acceptors (Lipinski definition) is 4. The fraction of sp³-hybridized carbons (Fsp3) is 0.333. The maximum atomic E-state index is 4.43. The molecule has 0 aromatic carbocycles. The highest BCUT2D eigenvalue weighted by Crippen LogP contribution is 2.17. The average molecular weight is 233 g/mol. The Labute approximate surface area is 99.6 Å². The molecule has 16 heavy (non-hydrogen) atoms. The summed E-state index contributed by atoms with van der Waals surface area (Å²) in [5.41, 5.74) is 3.29. The molecule has 0 spiro atoms. The van der Waals surface area contributed by atoms with Gasteiger partial charge in [0.1, 0.15) is 5.82 Å². The predicted molar refractivity (Wildman–Crippen MR) is 67.9 cm³/mol. The summed E-state index contributed by atoms with van der Waals surface area (Å²) in [5.74, 6) is 0.843. The number of hydrogen-bond donors (Lipinski definition) is 1. The van der Waals surface area contributed by atoms with Crippen molar-refractivity contribution >= 4 is 17.2 Å². The van der Waals surface area contributed by atoms with Crippen LogP contribution >= 0.6 is 11.3 Å². The van der Waals surface area contributed by atoms with Crippen LogP contribution in [0.5, 0.6) is 0 Å². The second-order valence-electron chi connectivity index (χ2n) is 3.81. The summed E-state index contributed by atoms with van der Waals surface area (Å²) in [6.45, 7) is 6.89. The SMILES string of the molecule is Cc1ccsc1CNc1cnc(C)c(C)n1. The van der Waals surface area contributed by atoms with Crippen LogP contribution in [0.15, 0.2) is 17.6 Å². The Morgan fingerprint density at radius 2 is 2.06 bits per heavy atom. The smallest absolute Gasteiger partial charge is 0.145 e. The van der Waals surface area contributed by atoms with Gasteiger partial charge in [0.05, 0.1) is 24.1 Å². The standard InChI is InChI=1S/C12H15N3S/c1-8-4-5-16-11(8)6-14-12-7-13-9(2)10(3)15-12/h4-5,7H,6H2,1-3H3,(H,14,15). The molecule has 1 N–H and O–H groups in total. The highest BCUT2D eigenvalue weighted by atomic mass is 32.1. The van der Waals surface area contributed by atoms with Crippen molar-refractivity contribution in [1.29, 1.82) is 0 Å². The van der Waals surface area contributed by atoms with Crippen LogP contribution < -0.4 is 5.32 Å². The molecule has 0 saturated carbocycles. The summed E-state index contributed by atoms with van der Waals surface area (Å²) in [5, 5.41) is 5.40. The summed E-state index contributed by atoms with van der Waals surface area (Å²) in [7, 11) is 0. The maximum absolute atomic E-state index is 4.43. The first-order valence-electron chi connectivity index (χ1n) is 5.24. The number of nitrogens with one attached hydrogen (secondary N) is 1. The molecule has 0 amide bonds. The Balaban J connectivity index is 2.05. The second kappa shape index (κ2) is 4.61. The number of anilines is 1. The Morgan fingerprint density at radius 3 is 2.69 bits per heavy atom. The minimum Gasteiger partial charge on any atom is -0.364 e. The van der Waals surface area contributed by atoms with Gasteiger partial charge in [-0.05, 0) is 37.8 Å². The van der Waals surface area contributed by atoms with Crippen LogP contribution in [0.25, 0.3) is 0 Å². The molecular formula is C12H15N3S. The summed E-state index contributed by atoms with van der Waals surface area (Å²) in [6.07, 6.45) is 1.78. The van der Waals surface area contributed by atoms with E-state index in [4.69, 9.17) is 0 Å². The summed E-state index contributed by atoms with van der Waals surface area (Å²) >= 11 is 1.77. The predicted octanol–water partition coefficient (Wildman–Crippen LogP) is 3.08. The Bertz CT molecular complexity index is 491. The number of thiophene rings is 1. The lowest BCUT2D eigenvalue weighted by Gasteiger charge is -2.06. The van der Waals surface area contributed by atoms with E-state index < -0.39 is 0 Å². The molecule has 3 nitrogen and oxygen atoms in total. The van der Waals surface area contributed by atoms with Crippen LogP contribution in [0.3, 0.4) is 0 Å². The lowest BCUT2D eigenvalue weighted by molar-refractivity contribution is 1.02. The van der Waals surface area contributed by atoms with Gasteiger partial charge in [0.2, 0.25) is 0 Å². The van der Waals surface area contributed by atoms with Gasteiger partial charge >= 0.3 is 0 Å². The summed E-state index contributed by atoms with van der Waals surface area (Å²) in [4.78, 5) is 10.1. The van der Waals surface area contributed by atoms with E-state index in [1.54, 1.807) is 17.5 Å². The highest BCUT2D eigenvalue weighted by molar-refractivity contribution is 7.10. The van der Waals surface area contributed by atoms with Gasteiger partial charge in [0, 0.05) is 4.88 Å². The Morgan fingerprint density at radius 1 is 1.25 bits per heavy atom. The third-order valence-corrected chi connectivity index (χ3v) is 3.61. The van der Waals surface area contributed by atoms with E-state index in [-0.39, 0.29) is 0 Å². The van der Waals surface area contributed by atoms with Crippen LogP contribution in [0.4, 0.5) is 5.82 Å². The average Bonchev–Trinajstić information content (AvgIpc) is 2.66. The van der Waals surface area contributed by atoms with Gasteiger partial charge in [-0.25, -0.2) is 4.98 Å². The van der Waals surface area contributed by atoms with E-state index in [0.29, 0.717) is 0 Å². The van der Waals surface area contributed by atoms with E-state index in [9.17, 15) is 0 Å². The van der Waals surface area contributed by atoms with Crippen molar-refractivity contribution in [3.8, 4) is 0 Å². The minimum atomic E-state index is 0.820. The second-order valence-corrected chi connectivity index (χ2v) is 4.81. The third kappa shape index (κ3) is 2.39. The molecule has 4 heteroatoms. The van der Waals surface area contributed by atoms with E-state index in [2.05, 4.69) is 33.7 Å². The van der Waals surface area contributed by atoms with Gasteiger partial charge in [0.25, 0.3) is 0 Å². The van der Waals surface area contributed by atoms with Crippen molar-refractivity contribution < 1.29 is 0 Å². The Hall–Kier alpha value is -1.42. The van der Waals surface area contributed by atoms with Gasteiger partial charge in [-0.15, -0.1) is 11.3 Å². The number of rotatable bonds is 3. The molecule has 0 aliphatic heterocycles. The van der Waals surface area contributed by atoms with Crippen molar-refractivity contribution in [2.24, 2.45) is 0 Å². The summed E-state index contributed by atoms with van der Waals surface area (Å²) < 4.78 is 0. The first-order chi connectivity index (χ1) is 7.66. The first kappa shape index (κ1) is 11.1. The van der Waals surface area contributed by atoms with Gasteiger partial charge in [-0.2, -0.15) is 0 Å². The normalized spacial score (nSPS) is 10.4. The quantitative estimate of drug-likeness (QED) is 0.885. The molecule has 84 valence electrons. The van der Waals surface area contributed by atoms with Crippen LogP contribution in [0.2, 0.25) is 0 Å². The van der Waals surface area contributed by atoms with Gasteiger partial charge in [-0.3, -0.25) is 4.98 Å². The fourth-order valence-electron chi connectivity index (χ4n) is 1.38. The molecule has 0 saturated heterocycles. The van der Waals surface area contributed by atoms with Gasteiger partial charge in [0.15, 0.2) is 0 Å². The lowest BCUT2D eigenvalue weighted by atomic mass is 10.3. The first-order valence-corrected chi connectivity index (χ1v) is 6.12. The molecule has 2 aromatic heterocycles. The van der Waals surface area contributed by atoms with Crippen LogP contribution in [-0.2, 0) is 6.54 Å². The molecule has 0 atom stereocenters. The number of nitrogens with zero attached hydrogens (tertiary/aromatic N) is 2. The molecule has 0 aliphatic rings. The van der Waals surface area contributed by atoms with Crippen molar-refractivity contribution in [2.75, 3.05) is 5.32 Å². The van der Waals surface area contributed by atoms with Crippen LogP contribution in [-0.4, -0.2) is 9.97 Å². The lowest BCUT2D eigenvalue weighted by Crippen LogP contribution is -2.03. The van der Waals surface area contributed by atoms with Crippen LogP contribution in [0.1, 0.15) is 21.8 Å². The van der Waals surface area contributed by atoms with Crippen LogP contribution in [0, 0.1) is 20.8 Å². The zero-order valence-electron chi connectivity index (χ0n) is 9.74. The molecule has 0 radical (unpaired) electrons. The van der Waals surface area contributed by atoms with E-state index >= 15 is 0 Å². The molecule has 0 aliphatic carbocycles. The number of aryl methyl sites for hydroxylation is 3. The largest absolute Gasteiger partial charge is 0.364 e. The van der Waals surface area contributed by atoms with Gasteiger partial charge in [-0.1, -0.05) is 0 Å². The monoisotopic (exact) mass is 233 g/mol. The molecule has 0 unspecified atom stereocenters. The molecule has 2 aromatic rings. The van der Waals surface area contributed by atoms with E-state index in [1.807, 2.05) is 13.8 Å². The van der Waals surface area contributed by atoms with E-state index in [0.717, 1.165) is 23.8 Å². The minimum absolute atomic E-state index is 0.820. The Kier molecular flexibility index (Phi) is 3.19. The van der Waals surface area contributed by atoms with Crippen molar-refractivity contribution in [3.05, 3.63) is 39.5 Å². The molecule has 2 rings (SSSR count). The van der Waals surface area contributed by atoms with Crippen molar-refractivity contribution in [2.45, 2.75) is 27.3 Å². The maximum Gasteiger partial charge on any atom is 0.145 e. The number of aromatic nitrogens is 2. The molecule has 0 bridgehead atoms. The summed E-state index contributed by atoms with van der Waals surface area (Å²) in [6, 6.07) is 2.13. The molecule has 0 fully saturated rings. The molecule has 2 heterocycles. The fourth-order valence-corrected chi connectivity index (χ4v) is 2.23. The zero-order valence-corrected chi connectivity index (χ0v) is 10.6. The zero-order chi connectivity index (χ0) is 11.5. The van der Waals surface area contributed by atoms with E-state index in [1.165, 1.54) is 10.4 Å². The van der Waals surface area contributed by atoms with Crippen molar-refractivity contribution in [3.63, 3.8) is 0 Å². The highest BCUT2D eigenvalue weighted by Gasteiger charge is 2.02. The topological polar surface area (TPSA) is 37.8 Å². The third-order valence-electron chi connectivity index (χ3n) is 2.59. The molecular weight excluding hydrogens is 218 g/mol.